The Morgan fingerprint density at radius 1 is 1.41 bits per heavy atom. The van der Waals surface area contributed by atoms with Crippen LogP contribution in [0.4, 0.5) is 5.69 Å². The standard InChI is InChI=1S/C15H18N2O5/c1-9-4-5-10-11(6-9)22-8-13(19)17(10)7-12(18)16-15(2,3)14(20)21/h4-6H,7-8H2,1-3H3,(H,16,18)(H,20,21). The van der Waals surface area contributed by atoms with Crippen molar-refractivity contribution in [3.63, 3.8) is 0 Å². The van der Waals surface area contributed by atoms with Crippen molar-refractivity contribution in [1.82, 2.24) is 5.32 Å². The Hall–Kier alpha value is -2.57. The third-order valence-corrected chi connectivity index (χ3v) is 3.35. The van der Waals surface area contributed by atoms with Gasteiger partial charge >= 0.3 is 5.97 Å². The normalized spacial score (nSPS) is 14.1. The molecule has 7 heteroatoms. The van der Waals surface area contributed by atoms with Crippen LogP contribution in [-0.2, 0) is 14.4 Å². The smallest absolute Gasteiger partial charge is 0.328 e. The molecule has 2 N–H and O–H groups in total. The van der Waals surface area contributed by atoms with Gasteiger partial charge in [0.25, 0.3) is 5.91 Å². The van der Waals surface area contributed by atoms with E-state index < -0.39 is 17.4 Å². The van der Waals surface area contributed by atoms with E-state index in [-0.39, 0.29) is 19.1 Å². The lowest BCUT2D eigenvalue weighted by molar-refractivity contribution is -0.145. The van der Waals surface area contributed by atoms with Crippen LogP contribution in [-0.4, -0.2) is 41.6 Å². The molecule has 22 heavy (non-hydrogen) atoms. The highest BCUT2D eigenvalue weighted by Gasteiger charge is 2.32. The number of amides is 2. The summed E-state index contributed by atoms with van der Waals surface area (Å²) >= 11 is 0. The first-order chi connectivity index (χ1) is 10.2. The summed E-state index contributed by atoms with van der Waals surface area (Å²) in [6.07, 6.45) is 0. The van der Waals surface area contributed by atoms with E-state index in [1.165, 1.54) is 18.7 Å². The number of hydrogen-bond acceptors (Lipinski definition) is 4. The number of carbonyl (C=O) groups is 3. The Kier molecular flexibility index (Phi) is 4.07. The average Bonchev–Trinajstić information content (AvgIpc) is 2.41. The lowest BCUT2D eigenvalue weighted by Gasteiger charge is -2.30. The number of carbonyl (C=O) groups excluding carboxylic acids is 2. The fraction of sp³-hybridized carbons (Fsp3) is 0.400. The highest BCUT2D eigenvalue weighted by atomic mass is 16.5. The Bertz CT molecular complexity index is 639. The molecule has 118 valence electrons. The monoisotopic (exact) mass is 306 g/mol. The lowest BCUT2D eigenvalue weighted by atomic mass is 10.1. The second-order valence-corrected chi connectivity index (χ2v) is 5.72. The molecular formula is C15H18N2O5. The van der Waals surface area contributed by atoms with Crippen LogP contribution in [0, 0.1) is 6.92 Å². The molecule has 1 heterocycles. The largest absolute Gasteiger partial charge is 0.482 e. The van der Waals surface area contributed by atoms with Crippen LogP contribution in [0.15, 0.2) is 18.2 Å². The molecule has 0 saturated heterocycles. The maximum absolute atomic E-state index is 12.0. The molecule has 1 aliphatic heterocycles. The molecule has 0 bridgehead atoms. The molecule has 7 nitrogen and oxygen atoms in total. The fourth-order valence-electron chi connectivity index (χ4n) is 2.07. The van der Waals surface area contributed by atoms with Gasteiger partial charge in [-0.1, -0.05) is 6.07 Å². The summed E-state index contributed by atoms with van der Waals surface area (Å²) < 4.78 is 5.35. The molecule has 0 fully saturated rings. The van der Waals surface area contributed by atoms with Gasteiger partial charge in [-0.3, -0.25) is 14.5 Å². The minimum absolute atomic E-state index is 0.147. The van der Waals surface area contributed by atoms with Crippen molar-refractivity contribution in [2.45, 2.75) is 26.3 Å². The summed E-state index contributed by atoms with van der Waals surface area (Å²) in [5.74, 6) is -1.51. The minimum atomic E-state index is -1.40. The summed E-state index contributed by atoms with van der Waals surface area (Å²) in [7, 11) is 0. The zero-order chi connectivity index (χ0) is 16.5. The number of carboxylic acids is 1. The average molecular weight is 306 g/mol. The third-order valence-electron chi connectivity index (χ3n) is 3.35. The van der Waals surface area contributed by atoms with Gasteiger partial charge in [0, 0.05) is 0 Å². The summed E-state index contributed by atoms with van der Waals surface area (Å²) in [6.45, 7) is 4.25. The Labute approximate surface area is 127 Å². The highest BCUT2D eigenvalue weighted by Crippen LogP contribution is 2.32. The van der Waals surface area contributed by atoms with Gasteiger partial charge in [0.15, 0.2) is 6.61 Å². The van der Waals surface area contributed by atoms with Crippen molar-refractivity contribution in [1.29, 1.82) is 0 Å². The van der Waals surface area contributed by atoms with E-state index in [1.54, 1.807) is 12.1 Å². The topological polar surface area (TPSA) is 95.9 Å². The number of anilines is 1. The van der Waals surface area contributed by atoms with Crippen molar-refractivity contribution in [3.8, 4) is 5.75 Å². The van der Waals surface area contributed by atoms with Crippen molar-refractivity contribution in [2.24, 2.45) is 0 Å². The lowest BCUT2D eigenvalue weighted by Crippen LogP contribution is -2.54. The number of rotatable bonds is 4. The number of nitrogens with zero attached hydrogens (tertiary/aromatic N) is 1. The molecule has 0 aromatic heterocycles. The number of carboxylic acid groups (broad SMARTS) is 1. The van der Waals surface area contributed by atoms with Crippen LogP contribution < -0.4 is 15.0 Å². The number of aryl methyl sites for hydroxylation is 1. The predicted octanol–water partition coefficient (Wildman–Crippen LogP) is 0.700. The molecule has 1 aliphatic rings. The van der Waals surface area contributed by atoms with Crippen LogP contribution in [0.25, 0.3) is 0 Å². The van der Waals surface area contributed by atoms with Crippen LogP contribution in [0.2, 0.25) is 0 Å². The summed E-state index contributed by atoms with van der Waals surface area (Å²) in [4.78, 5) is 36.4. The van der Waals surface area contributed by atoms with E-state index in [2.05, 4.69) is 5.32 Å². The molecule has 0 radical (unpaired) electrons. The maximum Gasteiger partial charge on any atom is 0.328 e. The van der Waals surface area contributed by atoms with Gasteiger partial charge in [0.2, 0.25) is 5.91 Å². The summed E-state index contributed by atoms with van der Waals surface area (Å²) in [5, 5.41) is 11.4. The van der Waals surface area contributed by atoms with Crippen LogP contribution in [0.5, 0.6) is 5.75 Å². The third kappa shape index (κ3) is 3.19. The Morgan fingerprint density at radius 3 is 2.73 bits per heavy atom. The molecule has 0 aliphatic carbocycles. The van der Waals surface area contributed by atoms with Crippen molar-refractivity contribution >= 4 is 23.5 Å². The number of aliphatic carboxylic acids is 1. The SMILES string of the molecule is Cc1ccc2c(c1)OCC(=O)N2CC(=O)NC(C)(C)C(=O)O. The molecule has 0 unspecified atom stereocenters. The molecule has 1 aromatic carbocycles. The van der Waals surface area contributed by atoms with Gasteiger partial charge in [-0.15, -0.1) is 0 Å². The molecule has 2 rings (SSSR count). The van der Waals surface area contributed by atoms with Gasteiger partial charge in [-0.25, -0.2) is 4.79 Å². The van der Waals surface area contributed by atoms with Crippen LogP contribution >= 0.6 is 0 Å². The Morgan fingerprint density at radius 2 is 2.09 bits per heavy atom. The van der Waals surface area contributed by atoms with Gasteiger partial charge in [-0.2, -0.15) is 0 Å². The summed E-state index contributed by atoms with van der Waals surface area (Å²) in [6, 6.07) is 5.30. The van der Waals surface area contributed by atoms with Crippen LogP contribution in [0.1, 0.15) is 19.4 Å². The molecule has 0 atom stereocenters. The zero-order valence-corrected chi connectivity index (χ0v) is 12.7. The highest BCUT2D eigenvalue weighted by molar-refractivity contribution is 6.02. The molecule has 0 saturated carbocycles. The number of hydrogen-bond donors (Lipinski definition) is 2. The number of benzene rings is 1. The van der Waals surface area contributed by atoms with Crippen molar-refractivity contribution in [3.05, 3.63) is 23.8 Å². The number of fused-ring (bicyclic) bond motifs is 1. The zero-order valence-electron chi connectivity index (χ0n) is 12.7. The van der Waals surface area contributed by atoms with E-state index in [9.17, 15) is 14.4 Å². The first kappa shape index (κ1) is 15.8. The van der Waals surface area contributed by atoms with E-state index in [4.69, 9.17) is 9.84 Å². The molecule has 2 amide bonds. The van der Waals surface area contributed by atoms with E-state index in [0.717, 1.165) is 5.56 Å². The van der Waals surface area contributed by atoms with Gasteiger partial charge in [0.05, 0.1) is 5.69 Å². The number of nitrogens with one attached hydrogen (secondary N) is 1. The molecule has 0 spiro atoms. The molecular weight excluding hydrogens is 288 g/mol. The van der Waals surface area contributed by atoms with Gasteiger partial charge in [0.1, 0.15) is 17.8 Å². The van der Waals surface area contributed by atoms with Gasteiger partial charge < -0.3 is 15.2 Å². The fourth-order valence-corrected chi connectivity index (χ4v) is 2.07. The minimum Gasteiger partial charge on any atom is -0.482 e. The van der Waals surface area contributed by atoms with Gasteiger partial charge in [-0.05, 0) is 38.5 Å². The first-order valence-corrected chi connectivity index (χ1v) is 6.79. The maximum atomic E-state index is 12.0. The number of ether oxygens (including phenoxy) is 1. The Balaban J connectivity index is 2.18. The molecule has 1 aromatic rings. The van der Waals surface area contributed by atoms with Crippen molar-refractivity contribution < 1.29 is 24.2 Å². The van der Waals surface area contributed by atoms with Crippen molar-refractivity contribution in [2.75, 3.05) is 18.1 Å². The van der Waals surface area contributed by atoms with E-state index in [0.29, 0.717) is 11.4 Å². The predicted molar refractivity (Wildman–Crippen MR) is 78.9 cm³/mol. The summed E-state index contributed by atoms with van der Waals surface area (Å²) in [5.41, 5.74) is 0.0809. The second-order valence-electron chi connectivity index (χ2n) is 5.72. The van der Waals surface area contributed by atoms with Crippen LogP contribution in [0.3, 0.4) is 0 Å². The van der Waals surface area contributed by atoms with E-state index >= 15 is 0 Å². The second kappa shape index (κ2) is 5.67. The first-order valence-electron chi connectivity index (χ1n) is 6.79. The quantitative estimate of drug-likeness (QED) is 0.853. The van der Waals surface area contributed by atoms with E-state index in [1.807, 2.05) is 13.0 Å².